The lowest BCUT2D eigenvalue weighted by Gasteiger charge is -2.45. The van der Waals surface area contributed by atoms with Crippen molar-refractivity contribution < 1.29 is 9.59 Å². The predicted molar refractivity (Wildman–Crippen MR) is 72.5 cm³/mol. The molecule has 0 spiro atoms. The molecule has 0 aromatic carbocycles. The molecule has 4 nitrogen and oxygen atoms in total. The summed E-state index contributed by atoms with van der Waals surface area (Å²) in [6.07, 6.45) is 6.34. The molecule has 1 aliphatic carbocycles. The monoisotopic (exact) mass is 264 g/mol. The SMILES string of the molecule is CC1(C)CCCC(N2CC(=O)N3CCCC3C2=O)C1. The minimum Gasteiger partial charge on any atom is -0.329 e. The average molecular weight is 264 g/mol. The van der Waals surface area contributed by atoms with Crippen LogP contribution in [0.2, 0.25) is 0 Å². The quantitative estimate of drug-likeness (QED) is 0.724. The fourth-order valence-electron chi connectivity index (χ4n) is 4.06. The average Bonchev–Trinajstić information content (AvgIpc) is 2.82. The van der Waals surface area contributed by atoms with Crippen LogP contribution in [-0.2, 0) is 9.59 Å². The van der Waals surface area contributed by atoms with Gasteiger partial charge in [-0.05, 0) is 37.5 Å². The fraction of sp³-hybridized carbons (Fsp3) is 0.867. The van der Waals surface area contributed by atoms with Crippen molar-refractivity contribution in [2.75, 3.05) is 13.1 Å². The van der Waals surface area contributed by atoms with Gasteiger partial charge in [-0.3, -0.25) is 9.59 Å². The molecule has 2 heterocycles. The molecule has 0 N–H and O–H groups in total. The van der Waals surface area contributed by atoms with Crippen molar-refractivity contribution in [1.29, 1.82) is 0 Å². The van der Waals surface area contributed by atoms with E-state index in [0.29, 0.717) is 12.0 Å². The molecule has 2 amide bonds. The van der Waals surface area contributed by atoms with E-state index in [-0.39, 0.29) is 23.9 Å². The number of piperazine rings is 1. The highest BCUT2D eigenvalue weighted by atomic mass is 16.2. The Morgan fingerprint density at radius 3 is 2.63 bits per heavy atom. The van der Waals surface area contributed by atoms with Gasteiger partial charge in [0, 0.05) is 12.6 Å². The van der Waals surface area contributed by atoms with E-state index in [1.54, 1.807) is 4.90 Å². The van der Waals surface area contributed by atoms with E-state index in [1.165, 1.54) is 12.8 Å². The first-order valence-electron chi connectivity index (χ1n) is 7.58. The maximum absolute atomic E-state index is 12.6. The summed E-state index contributed by atoms with van der Waals surface area (Å²) in [5, 5.41) is 0. The zero-order chi connectivity index (χ0) is 13.6. The second-order valence-corrected chi connectivity index (χ2v) is 7.13. The summed E-state index contributed by atoms with van der Waals surface area (Å²) in [6, 6.07) is 0.134. The smallest absolute Gasteiger partial charge is 0.246 e. The second-order valence-electron chi connectivity index (χ2n) is 7.13. The molecule has 0 bridgehead atoms. The molecule has 4 heteroatoms. The number of hydrogen-bond acceptors (Lipinski definition) is 2. The van der Waals surface area contributed by atoms with Crippen molar-refractivity contribution in [2.45, 2.75) is 64.5 Å². The van der Waals surface area contributed by atoms with Gasteiger partial charge >= 0.3 is 0 Å². The van der Waals surface area contributed by atoms with Crippen LogP contribution in [0.25, 0.3) is 0 Å². The summed E-state index contributed by atoms with van der Waals surface area (Å²) in [5.74, 6) is 0.366. The number of fused-ring (bicyclic) bond motifs is 1. The van der Waals surface area contributed by atoms with Gasteiger partial charge in [0.1, 0.15) is 12.6 Å². The number of hydrogen-bond donors (Lipinski definition) is 0. The fourth-order valence-corrected chi connectivity index (χ4v) is 4.06. The van der Waals surface area contributed by atoms with E-state index in [0.717, 1.165) is 32.2 Å². The molecule has 106 valence electrons. The molecule has 0 radical (unpaired) electrons. The first kappa shape index (κ1) is 12.9. The van der Waals surface area contributed by atoms with Crippen LogP contribution in [0.3, 0.4) is 0 Å². The van der Waals surface area contributed by atoms with E-state index in [4.69, 9.17) is 0 Å². The zero-order valence-corrected chi connectivity index (χ0v) is 12.0. The molecule has 2 aliphatic heterocycles. The lowest BCUT2D eigenvalue weighted by Crippen LogP contribution is -2.60. The highest BCUT2D eigenvalue weighted by Crippen LogP contribution is 2.38. The topological polar surface area (TPSA) is 40.6 Å². The maximum atomic E-state index is 12.6. The van der Waals surface area contributed by atoms with Crippen LogP contribution in [0.15, 0.2) is 0 Å². The Morgan fingerprint density at radius 2 is 1.89 bits per heavy atom. The van der Waals surface area contributed by atoms with Gasteiger partial charge in [-0.1, -0.05) is 20.3 Å². The molecule has 3 fully saturated rings. The third-order valence-corrected chi connectivity index (χ3v) is 5.07. The Labute approximate surface area is 115 Å². The highest BCUT2D eigenvalue weighted by molar-refractivity contribution is 5.95. The third kappa shape index (κ3) is 2.26. The maximum Gasteiger partial charge on any atom is 0.246 e. The normalized spacial score (nSPS) is 34.6. The van der Waals surface area contributed by atoms with E-state index in [2.05, 4.69) is 13.8 Å². The van der Waals surface area contributed by atoms with E-state index in [1.807, 2.05) is 4.90 Å². The van der Waals surface area contributed by atoms with Crippen molar-refractivity contribution in [1.82, 2.24) is 9.80 Å². The zero-order valence-electron chi connectivity index (χ0n) is 12.0. The summed E-state index contributed by atoms with van der Waals surface area (Å²) < 4.78 is 0. The van der Waals surface area contributed by atoms with Crippen molar-refractivity contribution in [3.63, 3.8) is 0 Å². The summed E-state index contributed by atoms with van der Waals surface area (Å²) >= 11 is 0. The van der Waals surface area contributed by atoms with E-state index < -0.39 is 0 Å². The standard InChI is InChI=1S/C15H24N2O2/c1-15(2)7-3-5-11(9-15)17-10-13(18)16-8-4-6-12(16)14(17)19/h11-12H,3-10H2,1-2H3. The van der Waals surface area contributed by atoms with Crippen LogP contribution in [0, 0.1) is 5.41 Å². The Bertz CT molecular complexity index is 405. The van der Waals surface area contributed by atoms with Gasteiger partial charge < -0.3 is 9.80 Å². The summed E-state index contributed by atoms with van der Waals surface area (Å²) in [5.41, 5.74) is 0.305. The first-order chi connectivity index (χ1) is 8.98. The first-order valence-corrected chi connectivity index (χ1v) is 7.58. The minimum atomic E-state index is -0.147. The minimum absolute atomic E-state index is 0.147. The Morgan fingerprint density at radius 1 is 1.11 bits per heavy atom. The molecular weight excluding hydrogens is 240 g/mol. The van der Waals surface area contributed by atoms with E-state index >= 15 is 0 Å². The Balaban J connectivity index is 1.77. The third-order valence-electron chi connectivity index (χ3n) is 5.07. The van der Waals surface area contributed by atoms with Crippen molar-refractivity contribution in [3.8, 4) is 0 Å². The van der Waals surface area contributed by atoms with Crippen molar-refractivity contribution >= 4 is 11.8 Å². The molecule has 3 rings (SSSR count). The summed E-state index contributed by atoms with van der Waals surface area (Å²) in [4.78, 5) is 28.5. The van der Waals surface area contributed by atoms with Gasteiger partial charge in [0.25, 0.3) is 0 Å². The van der Waals surface area contributed by atoms with Gasteiger partial charge in [0.2, 0.25) is 11.8 Å². The van der Waals surface area contributed by atoms with Crippen LogP contribution in [0.4, 0.5) is 0 Å². The van der Waals surface area contributed by atoms with Gasteiger partial charge in [-0.2, -0.15) is 0 Å². The predicted octanol–water partition coefficient (Wildman–Crippen LogP) is 1.79. The molecule has 0 aromatic heterocycles. The molecule has 1 saturated carbocycles. The molecule has 2 unspecified atom stereocenters. The molecule has 3 aliphatic rings. The summed E-state index contributed by atoms with van der Waals surface area (Å²) in [7, 11) is 0. The largest absolute Gasteiger partial charge is 0.329 e. The summed E-state index contributed by atoms with van der Waals surface area (Å²) in [6.45, 7) is 5.64. The molecule has 2 saturated heterocycles. The van der Waals surface area contributed by atoms with Crippen molar-refractivity contribution in [3.05, 3.63) is 0 Å². The number of carbonyl (C=O) groups excluding carboxylic acids is 2. The highest BCUT2D eigenvalue weighted by Gasteiger charge is 2.45. The molecular formula is C15H24N2O2. The van der Waals surface area contributed by atoms with Gasteiger partial charge in [-0.25, -0.2) is 0 Å². The van der Waals surface area contributed by atoms with Crippen LogP contribution in [0.1, 0.15) is 52.4 Å². The van der Waals surface area contributed by atoms with E-state index in [9.17, 15) is 9.59 Å². The Hall–Kier alpha value is -1.06. The number of nitrogens with zero attached hydrogens (tertiary/aromatic N) is 2. The van der Waals surface area contributed by atoms with Crippen LogP contribution < -0.4 is 0 Å². The van der Waals surface area contributed by atoms with Gasteiger partial charge in [0.05, 0.1) is 0 Å². The molecule has 0 aromatic rings. The molecule has 19 heavy (non-hydrogen) atoms. The van der Waals surface area contributed by atoms with Crippen LogP contribution >= 0.6 is 0 Å². The number of carbonyl (C=O) groups is 2. The van der Waals surface area contributed by atoms with Crippen LogP contribution in [0.5, 0.6) is 0 Å². The van der Waals surface area contributed by atoms with Crippen molar-refractivity contribution in [2.24, 2.45) is 5.41 Å². The molecule has 2 atom stereocenters. The number of amides is 2. The van der Waals surface area contributed by atoms with Crippen LogP contribution in [-0.4, -0.2) is 46.8 Å². The van der Waals surface area contributed by atoms with Gasteiger partial charge in [0.15, 0.2) is 0 Å². The lowest BCUT2D eigenvalue weighted by molar-refractivity contribution is -0.157. The lowest BCUT2D eigenvalue weighted by atomic mass is 9.74. The Kier molecular flexibility index (Phi) is 3.06. The van der Waals surface area contributed by atoms with Gasteiger partial charge in [-0.15, -0.1) is 0 Å². The second kappa shape index (κ2) is 4.50. The number of rotatable bonds is 1.